The fourth-order valence-corrected chi connectivity index (χ4v) is 10.1. The third-order valence-electron chi connectivity index (χ3n) is 15.1. The average Bonchev–Trinajstić information content (AvgIpc) is 3.39. The third-order valence-corrected chi connectivity index (χ3v) is 15.1. The molecule has 6 heteroatoms. The predicted molar refractivity (Wildman–Crippen MR) is 319 cm³/mol. The molecule has 1 amide bonds. The lowest BCUT2D eigenvalue weighted by Gasteiger charge is -2.20. The number of carbonyl (C=O) groups excluding carboxylic acids is 2. The highest BCUT2D eigenvalue weighted by molar-refractivity contribution is 5.76. The molecule has 2 atom stereocenters. The van der Waals surface area contributed by atoms with Gasteiger partial charge in [-0.25, -0.2) is 0 Å². The van der Waals surface area contributed by atoms with E-state index in [0.717, 1.165) is 44.9 Å². The normalized spacial score (nSPS) is 12.8. The summed E-state index contributed by atoms with van der Waals surface area (Å²) in [5.74, 6) is -0.0579. The summed E-state index contributed by atoms with van der Waals surface area (Å²) in [6.45, 7) is 4.89. The van der Waals surface area contributed by atoms with Crippen LogP contribution in [0, 0.1) is 0 Å². The maximum atomic E-state index is 12.4. The smallest absolute Gasteiger partial charge is 0.305 e. The third kappa shape index (κ3) is 59.2. The minimum atomic E-state index is -0.840. The molecule has 0 aliphatic carbocycles. The first kappa shape index (κ1) is 71.1. The van der Waals surface area contributed by atoms with Crippen LogP contribution in [0.2, 0.25) is 0 Å². The summed E-state index contributed by atoms with van der Waals surface area (Å²) in [6.07, 6.45) is 79.4. The van der Waals surface area contributed by atoms with Crippen molar-refractivity contribution in [3.63, 3.8) is 0 Å². The quantitative estimate of drug-likeness (QED) is 0.0320. The van der Waals surface area contributed by atoms with Gasteiger partial charge in [0.05, 0.1) is 25.4 Å². The Morgan fingerprint density at radius 3 is 0.973 bits per heavy atom. The molecule has 0 spiro atoms. The zero-order valence-electron chi connectivity index (χ0n) is 49.1. The number of amides is 1. The number of carbonyl (C=O) groups is 2. The standard InChI is InChI=1S/C67H127NO5/c1-3-5-7-9-11-13-14-15-16-35-38-41-45-49-53-57-61-67(72)73-62-58-54-50-46-42-39-36-33-31-29-27-25-23-21-19-17-18-20-22-24-26-28-30-32-34-37-40-44-48-52-56-60-66(71)68-64(63-69)65(70)59-55-51-47-43-12-10-8-6-4-2/h16,19,21,35,55,59,64-65,69-70H,3-15,17-18,20,22-34,36-54,56-58,60-63H2,1-2H3,(H,68,71)/b21-19-,35-16-,59-55+. The Labute approximate surface area is 455 Å². The zero-order chi connectivity index (χ0) is 52.9. The van der Waals surface area contributed by atoms with Crippen molar-refractivity contribution in [2.24, 2.45) is 0 Å². The molecular weight excluding hydrogens is 899 g/mol. The van der Waals surface area contributed by atoms with E-state index in [1.165, 1.54) is 283 Å². The molecule has 0 aromatic heterocycles. The highest BCUT2D eigenvalue weighted by Crippen LogP contribution is 2.17. The zero-order valence-corrected chi connectivity index (χ0v) is 49.1. The molecular formula is C67H127NO5. The van der Waals surface area contributed by atoms with Gasteiger partial charge in [0.15, 0.2) is 0 Å². The van der Waals surface area contributed by atoms with Crippen LogP contribution in [0.5, 0.6) is 0 Å². The maximum Gasteiger partial charge on any atom is 0.305 e. The lowest BCUT2D eigenvalue weighted by molar-refractivity contribution is -0.143. The molecule has 3 N–H and O–H groups in total. The first-order valence-electron chi connectivity index (χ1n) is 32.8. The molecule has 6 nitrogen and oxygen atoms in total. The predicted octanol–water partition coefficient (Wildman–Crippen LogP) is 20.8. The van der Waals surface area contributed by atoms with Crippen LogP contribution >= 0.6 is 0 Å². The molecule has 0 radical (unpaired) electrons. The van der Waals surface area contributed by atoms with Crippen molar-refractivity contribution in [2.75, 3.05) is 13.2 Å². The van der Waals surface area contributed by atoms with Gasteiger partial charge in [0, 0.05) is 12.8 Å². The second kappa shape index (κ2) is 62.6. The van der Waals surface area contributed by atoms with Crippen molar-refractivity contribution in [3.8, 4) is 0 Å². The number of nitrogens with one attached hydrogen (secondary N) is 1. The van der Waals surface area contributed by atoms with E-state index < -0.39 is 12.1 Å². The molecule has 0 saturated carbocycles. The van der Waals surface area contributed by atoms with Crippen molar-refractivity contribution in [2.45, 2.75) is 366 Å². The molecule has 0 aromatic carbocycles. The molecule has 430 valence electrons. The van der Waals surface area contributed by atoms with Gasteiger partial charge >= 0.3 is 5.97 Å². The van der Waals surface area contributed by atoms with E-state index in [0.29, 0.717) is 19.4 Å². The van der Waals surface area contributed by atoms with Crippen LogP contribution in [-0.4, -0.2) is 47.4 Å². The van der Waals surface area contributed by atoms with E-state index in [9.17, 15) is 19.8 Å². The Kier molecular flexibility index (Phi) is 61.0. The number of aliphatic hydroxyl groups excluding tert-OH is 2. The summed E-state index contributed by atoms with van der Waals surface area (Å²) in [6, 6.07) is -0.624. The molecule has 0 aliphatic heterocycles. The fraction of sp³-hybridized carbons (Fsp3) is 0.881. The molecule has 0 aromatic rings. The van der Waals surface area contributed by atoms with E-state index in [1.54, 1.807) is 6.08 Å². The average molecular weight is 1030 g/mol. The van der Waals surface area contributed by atoms with Crippen molar-refractivity contribution < 1.29 is 24.5 Å². The lowest BCUT2D eigenvalue weighted by Crippen LogP contribution is -2.45. The second-order valence-corrected chi connectivity index (χ2v) is 22.4. The van der Waals surface area contributed by atoms with E-state index in [1.807, 2.05) is 6.08 Å². The second-order valence-electron chi connectivity index (χ2n) is 22.4. The van der Waals surface area contributed by atoms with Crippen LogP contribution < -0.4 is 5.32 Å². The minimum absolute atomic E-state index is 0.00999. The molecule has 73 heavy (non-hydrogen) atoms. The molecule has 0 fully saturated rings. The number of esters is 1. The van der Waals surface area contributed by atoms with Crippen molar-refractivity contribution in [1.82, 2.24) is 5.32 Å². The highest BCUT2D eigenvalue weighted by atomic mass is 16.5. The summed E-state index contributed by atoms with van der Waals surface area (Å²) in [7, 11) is 0. The van der Waals surface area contributed by atoms with Gasteiger partial charge in [-0.1, -0.05) is 294 Å². The van der Waals surface area contributed by atoms with Gasteiger partial charge in [0.25, 0.3) is 0 Å². The minimum Gasteiger partial charge on any atom is -0.466 e. The molecule has 0 heterocycles. The van der Waals surface area contributed by atoms with Crippen LogP contribution in [0.3, 0.4) is 0 Å². The molecule has 0 bridgehead atoms. The number of rotatable bonds is 61. The summed E-state index contributed by atoms with van der Waals surface area (Å²) in [4.78, 5) is 24.5. The van der Waals surface area contributed by atoms with Gasteiger partial charge in [0.2, 0.25) is 5.91 Å². The van der Waals surface area contributed by atoms with E-state index >= 15 is 0 Å². The van der Waals surface area contributed by atoms with E-state index in [2.05, 4.69) is 43.5 Å². The lowest BCUT2D eigenvalue weighted by atomic mass is 10.0. The number of ether oxygens (including phenoxy) is 1. The van der Waals surface area contributed by atoms with Crippen LogP contribution in [-0.2, 0) is 14.3 Å². The van der Waals surface area contributed by atoms with Gasteiger partial charge in [-0.2, -0.15) is 0 Å². The van der Waals surface area contributed by atoms with Gasteiger partial charge in [-0.15, -0.1) is 0 Å². The topological polar surface area (TPSA) is 95.9 Å². The Balaban J connectivity index is 3.34. The summed E-state index contributed by atoms with van der Waals surface area (Å²) in [5.41, 5.74) is 0. The van der Waals surface area contributed by atoms with E-state index in [4.69, 9.17) is 4.74 Å². The maximum absolute atomic E-state index is 12.4. The van der Waals surface area contributed by atoms with Crippen LogP contribution in [0.1, 0.15) is 354 Å². The monoisotopic (exact) mass is 1030 g/mol. The highest BCUT2D eigenvalue weighted by Gasteiger charge is 2.18. The van der Waals surface area contributed by atoms with Gasteiger partial charge in [-0.3, -0.25) is 9.59 Å². The van der Waals surface area contributed by atoms with Crippen molar-refractivity contribution in [1.29, 1.82) is 0 Å². The Bertz CT molecular complexity index is 1180. The summed E-state index contributed by atoms with van der Waals surface area (Å²) >= 11 is 0. The van der Waals surface area contributed by atoms with E-state index in [-0.39, 0.29) is 18.5 Å². The number of allylic oxidation sites excluding steroid dienone is 5. The number of hydrogen-bond donors (Lipinski definition) is 3. The van der Waals surface area contributed by atoms with Crippen LogP contribution in [0.25, 0.3) is 0 Å². The Hall–Kier alpha value is -1.92. The largest absolute Gasteiger partial charge is 0.466 e. The Morgan fingerprint density at radius 2 is 0.644 bits per heavy atom. The van der Waals surface area contributed by atoms with Crippen molar-refractivity contribution in [3.05, 3.63) is 36.5 Å². The van der Waals surface area contributed by atoms with Crippen LogP contribution in [0.4, 0.5) is 0 Å². The van der Waals surface area contributed by atoms with Gasteiger partial charge in [-0.05, 0) is 83.5 Å². The summed E-state index contributed by atoms with van der Waals surface area (Å²) < 4.78 is 5.49. The first-order chi connectivity index (χ1) is 36.0. The number of unbranched alkanes of at least 4 members (excludes halogenated alkanes) is 46. The molecule has 0 saturated heterocycles. The fourth-order valence-electron chi connectivity index (χ4n) is 10.1. The van der Waals surface area contributed by atoms with Crippen LogP contribution in [0.15, 0.2) is 36.5 Å². The molecule has 0 aliphatic rings. The summed E-state index contributed by atoms with van der Waals surface area (Å²) in [5, 5.41) is 23.0. The van der Waals surface area contributed by atoms with Crippen molar-refractivity contribution >= 4 is 11.9 Å². The first-order valence-corrected chi connectivity index (χ1v) is 32.8. The number of hydrogen-bond acceptors (Lipinski definition) is 5. The molecule has 2 unspecified atom stereocenters. The number of aliphatic hydroxyl groups is 2. The molecule has 0 rings (SSSR count). The van der Waals surface area contributed by atoms with Gasteiger partial charge in [0.1, 0.15) is 0 Å². The SMILES string of the molecule is CCCCCCCCC/C=C\CCCCCCCC(=O)OCCCCCCCCCCCCCC/C=C\CCCCCCCCCCCCCCCCCC(=O)NC(CO)C(O)/C=C/CCCCCCCCC. The Morgan fingerprint density at radius 1 is 0.370 bits per heavy atom. The van der Waals surface area contributed by atoms with Gasteiger partial charge < -0.3 is 20.3 Å².